The molecule has 31 heavy (non-hydrogen) atoms. The summed E-state index contributed by atoms with van der Waals surface area (Å²) in [4.78, 5) is 29.2. The number of rotatable bonds is 10. The van der Waals surface area contributed by atoms with Gasteiger partial charge in [0.15, 0.2) is 5.78 Å². The highest BCUT2D eigenvalue weighted by Crippen LogP contribution is 2.19. The van der Waals surface area contributed by atoms with E-state index in [0.717, 1.165) is 57.4 Å². The summed E-state index contributed by atoms with van der Waals surface area (Å²) >= 11 is 0. The number of carbonyl (C=O) groups excluding carboxylic acids is 2. The van der Waals surface area contributed by atoms with Crippen molar-refractivity contribution >= 4 is 28.8 Å². The van der Waals surface area contributed by atoms with Crippen molar-refractivity contribution in [3.63, 3.8) is 0 Å². The van der Waals surface area contributed by atoms with Crippen LogP contribution in [0.5, 0.6) is 0 Å². The van der Waals surface area contributed by atoms with Crippen LogP contribution in [0.3, 0.4) is 0 Å². The smallest absolute Gasteiger partial charge is 0.224 e. The molecule has 0 saturated carbocycles. The lowest BCUT2D eigenvalue weighted by atomic mass is 10.0. The Bertz CT molecular complexity index is 858. The highest BCUT2D eigenvalue weighted by molar-refractivity contribution is 5.96. The number of nitrogen functional groups attached to an aromatic ring is 1. The Morgan fingerprint density at radius 1 is 0.871 bits per heavy atom. The third-order valence-electron chi connectivity index (χ3n) is 5.85. The molecular weight excluding hydrogens is 388 g/mol. The summed E-state index contributed by atoms with van der Waals surface area (Å²) in [7, 11) is 2.15. The molecule has 3 N–H and O–H groups in total. The van der Waals surface area contributed by atoms with Crippen molar-refractivity contribution in [3.05, 3.63) is 54.1 Å². The molecule has 1 aliphatic rings. The zero-order chi connectivity index (χ0) is 22.1. The van der Waals surface area contributed by atoms with Gasteiger partial charge in [-0.1, -0.05) is 25.0 Å². The first-order valence-corrected chi connectivity index (χ1v) is 11.2. The molecule has 0 radical (unpaired) electrons. The van der Waals surface area contributed by atoms with Gasteiger partial charge >= 0.3 is 0 Å². The predicted molar refractivity (Wildman–Crippen MR) is 128 cm³/mol. The fraction of sp³-hybridized carbons (Fsp3) is 0.440. The third-order valence-corrected chi connectivity index (χ3v) is 5.85. The van der Waals surface area contributed by atoms with Gasteiger partial charge < -0.3 is 20.9 Å². The minimum absolute atomic E-state index is 0.0191. The molecular formula is C25H34N4O2. The van der Waals surface area contributed by atoms with Crippen LogP contribution in [0, 0.1) is 0 Å². The maximum Gasteiger partial charge on any atom is 0.224 e. The highest BCUT2D eigenvalue weighted by atomic mass is 16.1. The average Bonchev–Trinajstić information content (AvgIpc) is 2.78. The number of piperazine rings is 1. The number of nitrogens with one attached hydrogen (secondary N) is 1. The van der Waals surface area contributed by atoms with E-state index in [-0.39, 0.29) is 11.7 Å². The van der Waals surface area contributed by atoms with E-state index < -0.39 is 0 Å². The van der Waals surface area contributed by atoms with Crippen molar-refractivity contribution in [2.75, 3.05) is 49.2 Å². The second kappa shape index (κ2) is 11.5. The molecule has 3 rings (SSSR count). The van der Waals surface area contributed by atoms with Crippen LogP contribution in [-0.4, -0.2) is 49.8 Å². The number of nitrogens with two attached hydrogens (primary N) is 1. The van der Waals surface area contributed by atoms with Crippen molar-refractivity contribution in [1.82, 2.24) is 4.90 Å². The van der Waals surface area contributed by atoms with E-state index in [1.54, 1.807) is 12.1 Å². The van der Waals surface area contributed by atoms with E-state index in [9.17, 15) is 9.59 Å². The van der Waals surface area contributed by atoms with Gasteiger partial charge in [0.05, 0.1) is 11.4 Å². The Hall–Kier alpha value is -2.86. The standard InChI is InChI=1S/C25H34N4O2/c1-28-16-18-29(19-17-28)21-14-12-20(13-15-21)24(30)10-4-2-3-5-11-25(31)27-23-9-7-6-8-22(23)26/h6-9,12-15H,2-5,10-11,16-19,26H2,1H3,(H,27,31). The van der Waals surface area contributed by atoms with Crippen LogP contribution in [0.1, 0.15) is 48.9 Å². The molecule has 0 aliphatic carbocycles. The number of para-hydroxylation sites is 2. The van der Waals surface area contributed by atoms with E-state index in [2.05, 4.69) is 34.3 Å². The highest BCUT2D eigenvalue weighted by Gasteiger charge is 2.14. The Labute approximate surface area is 185 Å². The van der Waals surface area contributed by atoms with E-state index in [4.69, 9.17) is 5.73 Å². The van der Waals surface area contributed by atoms with Crippen molar-refractivity contribution in [1.29, 1.82) is 0 Å². The van der Waals surface area contributed by atoms with Crippen LogP contribution in [0.15, 0.2) is 48.5 Å². The lowest BCUT2D eigenvalue weighted by Gasteiger charge is -2.34. The fourth-order valence-electron chi connectivity index (χ4n) is 3.82. The summed E-state index contributed by atoms with van der Waals surface area (Å²) in [5, 5.41) is 2.85. The van der Waals surface area contributed by atoms with Crippen LogP contribution in [0.2, 0.25) is 0 Å². The van der Waals surface area contributed by atoms with E-state index in [1.165, 1.54) is 5.69 Å². The summed E-state index contributed by atoms with van der Waals surface area (Å²) in [6, 6.07) is 15.3. The summed E-state index contributed by atoms with van der Waals surface area (Å²) in [6.07, 6.45) is 4.58. The number of carbonyl (C=O) groups is 2. The van der Waals surface area contributed by atoms with Gasteiger partial charge in [0, 0.05) is 50.3 Å². The number of hydrogen-bond donors (Lipinski definition) is 2. The van der Waals surface area contributed by atoms with Crippen LogP contribution in [-0.2, 0) is 4.79 Å². The first-order valence-electron chi connectivity index (χ1n) is 11.2. The molecule has 1 saturated heterocycles. The zero-order valence-electron chi connectivity index (χ0n) is 18.5. The molecule has 1 fully saturated rings. The number of Topliss-reactive ketones (excluding diaryl/α,β-unsaturated/α-hetero) is 1. The SMILES string of the molecule is CN1CCN(c2ccc(C(=O)CCCCCCC(=O)Nc3ccccc3N)cc2)CC1. The topological polar surface area (TPSA) is 78.7 Å². The molecule has 2 aromatic carbocycles. The van der Waals surface area contributed by atoms with Gasteiger partial charge in [-0.15, -0.1) is 0 Å². The molecule has 2 aromatic rings. The molecule has 0 spiro atoms. The first-order chi connectivity index (χ1) is 15.0. The van der Waals surface area contributed by atoms with Gasteiger partial charge in [-0.05, 0) is 56.3 Å². The van der Waals surface area contributed by atoms with Crippen LogP contribution in [0.25, 0.3) is 0 Å². The molecule has 1 heterocycles. The van der Waals surface area contributed by atoms with Crippen LogP contribution >= 0.6 is 0 Å². The monoisotopic (exact) mass is 422 g/mol. The zero-order valence-corrected chi connectivity index (χ0v) is 18.5. The largest absolute Gasteiger partial charge is 0.397 e. The molecule has 1 amide bonds. The molecule has 0 unspecified atom stereocenters. The Morgan fingerprint density at radius 2 is 1.52 bits per heavy atom. The Kier molecular flexibility index (Phi) is 8.47. The number of benzene rings is 2. The van der Waals surface area contributed by atoms with Gasteiger partial charge in [0.25, 0.3) is 0 Å². The van der Waals surface area contributed by atoms with Crippen molar-refractivity contribution < 1.29 is 9.59 Å². The summed E-state index contributed by atoms with van der Waals surface area (Å²) < 4.78 is 0. The van der Waals surface area contributed by atoms with E-state index >= 15 is 0 Å². The Morgan fingerprint density at radius 3 is 2.19 bits per heavy atom. The van der Waals surface area contributed by atoms with Gasteiger partial charge in [-0.3, -0.25) is 9.59 Å². The number of ketones is 1. The molecule has 166 valence electrons. The van der Waals surface area contributed by atoms with E-state index in [1.807, 2.05) is 24.3 Å². The van der Waals surface area contributed by atoms with Gasteiger partial charge in [-0.2, -0.15) is 0 Å². The predicted octanol–water partition coefficient (Wildman–Crippen LogP) is 4.18. The first kappa shape index (κ1) is 22.8. The second-order valence-corrected chi connectivity index (χ2v) is 8.31. The average molecular weight is 423 g/mol. The fourth-order valence-corrected chi connectivity index (χ4v) is 3.82. The minimum Gasteiger partial charge on any atom is -0.397 e. The maximum absolute atomic E-state index is 12.5. The molecule has 6 heteroatoms. The third kappa shape index (κ3) is 7.10. The Balaban J connectivity index is 1.30. The molecule has 1 aliphatic heterocycles. The summed E-state index contributed by atoms with van der Waals surface area (Å²) in [5.74, 6) is 0.177. The van der Waals surface area contributed by atoms with Crippen LogP contribution in [0.4, 0.5) is 17.1 Å². The normalized spacial score (nSPS) is 14.4. The number of hydrogen-bond acceptors (Lipinski definition) is 5. The van der Waals surface area contributed by atoms with Crippen molar-refractivity contribution in [3.8, 4) is 0 Å². The number of unbranched alkanes of at least 4 members (excludes halogenated alkanes) is 3. The lowest BCUT2D eigenvalue weighted by Crippen LogP contribution is -2.44. The molecule has 0 atom stereocenters. The molecule has 0 aromatic heterocycles. The van der Waals surface area contributed by atoms with E-state index in [0.29, 0.717) is 24.2 Å². The number of amides is 1. The van der Waals surface area contributed by atoms with Crippen molar-refractivity contribution in [2.24, 2.45) is 0 Å². The molecule has 0 bridgehead atoms. The quantitative estimate of drug-likeness (QED) is 0.341. The maximum atomic E-state index is 12.5. The summed E-state index contributed by atoms with van der Waals surface area (Å²) in [6.45, 7) is 4.20. The van der Waals surface area contributed by atoms with Gasteiger partial charge in [0.1, 0.15) is 0 Å². The number of likely N-dealkylation sites (N-methyl/N-ethyl adjacent to an activating group) is 1. The van der Waals surface area contributed by atoms with Crippen molar-refractivity contribution in [2.45, 2.75) is 38.5 Å². The molecule has 6 nitrogen and oxygen atoms in total. The number of nitrogens with zero attached hydrogens (tertiary/aromatic N) is 2. The lowest BCUT2D eigenvalue weighted by molar-refractivity contribution is -0.116. The van der Waals surface area contributed by atoms with Crippen LogP contribution < -0.4 is 16.0 Å². The van der Waals surface area contributed by atoms with Gasteiger partial charge in [-0.25, -0.2) is 0 Å². The minimum atomic E-state index is -0.0191. The summed E-state index contributed by atoms with van der Waals surface area (Å²) in [5.41, 5.74) is 9.06. The second-order valence-electron chi connectivity index (χ2n) is 8.31. The number of anilines is 3. The van der Waals surface area contributed by atoms with Gasteiger partial charge in [0.2, 0.25) is 5.91 Å².